The first kappa shape index (κ1) is 11.1. The Kier molecular flexibility index (Phi) is 2.75. The van der Waals surface area contributed by atoms with E-state index in [1.807, 2.05) is 36.4 Å². The highest BCUT2D eigenvalue weighted by atomic mass is 15.1. The molecule has 3 aromatic rings. The number of fused-ring (bicyclic) bond motifs is 1. The summed E-state index contributed by atoms with van der Waals surface area (Å²) in [4.78, 5) is 12.4. The molecule has 0 bridgehead atoms. The van der Waals surface area contributed by atoms with Crippen molar-refractivity contribution < 1.29 is 0 Å². The third-order valence-corrected chi connectivity index (χ3v) is 2.63. The number of nitrogens with one attached hydrogen (secondary N) is 1. The number of pyridine rings is 1. The van der Waals surface area contributed by atoms with Gasteiger partial charge in [0.25, 0.3) is 0 Å². The lowest BCUT2D eigenvalue weighted by atomic mass is 10.2. The SMILES string of the molecule is N#Cc1ccnc(Nc2ccc3ncccc3c2)n1. The average molecular weight is 247 g/mol. The van der Waals surface area contributed by atoms with E-state index in [0.29, 0.717) is 11.6 Å². The van der Waals surface area contributed by atoms with Crippen molar-refractivity contribution in [3.63, 3.8) is 0 Å². The molecule has 2 aromatic heterocycles. The second-order valence-electron chi connectivity index (χ2n) is 3.91. The molecule has 90 valence electrons. The molecule has 0 fully saturated rings. The fourth-order valence-electron chi connectivity index (χ4n) is 1.76. The van der Waals surface area contributed by atoms with Crippen LogP contribution in [0.5, 0.6) is 0 Å². The van der Waals surface area contributed by atoms with Crippen LogP contribution in [-0.2, 0) is 0 Å². The average Bonchev–Trinajstić information content (AvgIpc) is 2.47. The van der Waals surface area contributed by atoms with E-state index in [9.17, 15) is 0 Å². The van der Waals surface area contributed by atoms with Gasteiger partial charge in [0.15, 0.2) is 0 Å². The largest absolute Gasteiger partial charge is 0.324 e. The van der Waals surface area contributed by atoms with Gasteiger partial charge in [0.1, 0.15) is 11.8 Å². The van der Waals surface area contributed by atoms with Crippen molar-refractivity contribution in [3.05, 3.63) is 54.5 Å². The van der Waals surface area contributed by atoms with E-state index in [-0.39, 0.29) is 0 Å². The number of nitriles is 1. The molecule has 5 heteroatoms. The number of benzene rings is 1. The maximum atomic E-state index is 8.79. The predicted octanol–water partition coefficient (Wildman–Crippen LogP) is 2.64. The van der Waals surface area contributed by atoms with Gasteiger partial charge < -0.3 is 5.32 Å². The van der Waals surface area contributed by atoms with Gasteiger partial charge in [-0.3, -0.25) is 4.98 Å². The molecule has 0 radical (unpaired) electrons. The lowest BCUT2D eigenvalue weighted by molar-refractivity contribution is 1.14. The van der Waals surface area contributed by atoms with Gasteiger partial charge in [0.2, 0.25) is 5.95 Å². The first-order valence-electron chi connectivity index (χ1n) is 5.70. The van der Waals surface area contributed by atoms with Crippen molar-refractivity contribution >= 4 is 22.5 Å². The maximum Gasteiger partial charge on any atom is 0.228 e. The van der Waals surface area contributed by atoms with E-state index >= 15 is 0 Å². The van der Waals surface area contributed by atoms with Crippen LogP contribution in [0.3, 0.4) is 0 Å². The van der Waals surface area contributed by atoms with Crippen molar-refractivity contribution in [2.24, 2.45) is 0 Å². The Labute approximate surface area is 109 Å². The Hall–Kier alpha value is -3.00. The van der Waals surface area contributed by atoms with Gasteiger partial charge in [-0.05, 0) is 30.3 Å². The topological polar surface area (TPSA) is 74.5 Å². The van der Waals surface area contributed by atoms with E-state index in [1.54, 1.807) is 18.5 Å². The van der Waals surface area contributed by atoms with Crippen LogP contribution in [0.4, 0.5) is 11.6 Å². The van der Waals surface area contributed by atoms with Crippen molar-refractivity contribution in [3.8, 4) is 6.07 Å². The van der Waals surface area contributed by atoms with E-state index in [2.05, 4.69) is 20.3 Å². The molecule has 0 saturated heterocycles. The van der Waals surface area contributed by atoms with E-state index in [4.69, 9.17) is 5.26 Å². The molecular weight excluding hydrogens is 238 g/mol. The molecule has 1 N–H and O–H groups in total. The molecule has 0 aliphatic carbocycles. The summed E-state index contributed by atoms with van der Waals surface area (Å²) in [5, 5.41) is 12.9. The molecule has 5 nitrogen and oxygen atoms in total. The second-order valence-corrected chi connectivity index (χ2v) is 3.91. The van der Waals surface area contributed by atoms with Crippen LogP contribution in [0.1, 0.15) is 5.69 Å². The number of rotatable bonds is 2. The fourth-order valence-corrected chi connectivity index (χ4v) is 1.76. The maximum absolute atomic E-state index is 8.79. The van der Waals surface area contributed by atoms with E-state index < -0.39 is 0 Å². The molecule has 0 unspecified atom stereocenters. The van der Waals surface area contributed by atoms with Gasteiger partial charge in [-0.15, -0.1) is 0 Å². The molecule has 0 spiro atoms. The lowest BCUT2D eigenvalue weighted by Crippen LogP contribution is -1.98. The minimum Gasteiger partial charge on any atom is -0.324 e. The number of hydrogen-bond acceptors (Lipinski definition) is 5. The zero-order valence-electron chi connectivity index (χ0n) is 9.91. The van der Waals surface area contributed by atoms with Crippen LogP contribution in [-0.4, -0.2) is 15.0 Å². The highest BCUT2D eigenvalue weighted by Crippen LogP contribution is 2.19. The van der Waals surface area contributed by atoms with Crippen molar-refractivity contribution in [2.75, 3.05) is 5.32 Å². The van der Waals surface area contributed by atoms with Gasteiger partial charge >= 0.3 is 0 Å². The van der Waals surface area contributed by atoms with E-state index in [0.717, 1.165) is 16.6 Å². The third-order valence-electron chi connectivity index (χ3n) is 2.63. The predicted molar refractivity (Wildman–Crippen MR) is 71.8 cm³/mol. The first-order chi connectivity index (χ1) is 9.35. The summed E-state index contributed by atoms with van der Waals surface area (Å²) in [7, 11) is 0. The summed E-state index contributed by atoms with van der Waals surface area (Å²) in [5.74, 6) is 0.405. The Morgan fingerprint density at radius 3 is 2.89 bits per heavy atom. The monoisotopic (exact) mass is 247 g/mol. The number of aromatic nitrogens is 3. The standard InChI is InChI=1S/C14H9N5/c15-9-12-5-7-17-14(19-12)18-11-3-4-13-10(8-11)2-1-6-16-13/h1-8H,(H,17,18,19). The van der Waals surface area contributed by atoms with Gasteiger partial charge in [0.05, 0.1) is 5.52 Å². The highest BCUT2D eigenvalue weighted by Gasteiger charge is 2.01. The summed E-state index contributed by atoms with van der Waals surface area (Å²) in [6.07, 6.45) is 3.31. The van der Waals surface area contributed by atoms with Crippen LogP contribution in [0.2, 0.25) is 0 Å². The van der Waals surface area contributed by atoms with Gasteiger partial charge in [-0.2, -0.15) is 5.26 Å². The number of anilines is 2. The second kappa shape index (κ2) is 4.70. The van der Waals surface area contributed by atoms with Crippen LogP contribution < -0.4 is 5.32 Å². The van der Waals surface area contributed by atoms with Gasteiger partial charge in [-0.25, -0.2) is 9.97 Å². The molecule has 19 heavy (non-hydrogen) atoms. The Balaban J connectivity index is 1.94. The molecule has 2 heterocycles. The zero-order valence-corrected chi connectivity index (χ0v) is 9.91. The van der Waals surface area contributed by atoms with Crippen LogP contribution in [0.15, 0.2) is 48.8 Å². The zero-order chi connectivity index (χ0) is 13.1. The molecule has 0 amide bonds. The molecule has 0 aliphatic heterocycles. The van der Waals surface area contributed by atoms with Crippen LogP contribution in [0, 0.1) is 11.3 Å². The van der Waals surface area contributed by atoms with Crippen LogP contribution >= 0.6 is 0 Å². The van der Waals surface area contributed by atoms with E-state index in [1.165, 1.54) is 0 Å². The summed E-state index contributed by atoms with van der Waals surface area (Å²) in [6, 6.07) is 13.2. The Morgan fingerprint density at radius 2 is 2.00 bits per heavy atom. The minimum atomic E-state index is 0.333. The fraction of sp³-hybridized carbons (Fsp3) is 0. The highest BCUT2D eigenvalue weighted by molar-refractivity contribution is 5.82. The molecule has 0 aliphatic rings. The quantitative estimate of drug-likeness (QED) is 0.753. The summed E-state index contributed by atoms with van der Waals surface area (Å²) in [5.41, 5.74) is 2.12. The summed E-state index contributed by atoms with van der Waals surface area (Å²) < 4.78 is 0. The Morgan fingerprint density at radius 1 is 1.05 bits per heavy atom. The summed E-state index contributed by atoms with van der Waals surface area (Å²) >= 11 is 0. The molecule has 0 saturated carbocycles. The van der Waals surface area contributed by atoms with Crippen molar-refractivity contribution in [2.45, 2.75) is 0 Å². The van der Waals surface area contributed by atoms with Crippen LogP contribution in [0.25, 0.3) is 10.9 Å². The first-order valence-corrected chi connectivity index (χ1v) is 5.70. The molecular formula is C14H9N5. The Bertz CT molecular complexity index is 776. The molecule has 3 rings (SSSR count). The third kappa shape index (κ3) is 2.33. The smallest absolute Gasteiger partial charge is 0.228 e. The molecule has 0 atom stereocenters. The molecule has 1 aromatic carbocycles. The van der Waals surface area contributed by atoms with Crippen molar-refractivity contribution in [1.82, 2.24) is 15.0 Å². The normalized spacial score (nSPS) is 10.1. The van der Waals surface area contributed by atoms with Gasteiger partial charge in [-0.1, -0.05) is 6.07 Å². The summed E-state index contributed by atoms with van der Waals surface area (Å²) in [6.45, 7) is 0. The lowest BCUT2D eigenvalue weighted by Gasteiger charge is -2.05. The minimum absolute atomic E-state index is 0.333. The number of nitrogens with zero attached hydrogens (tertiary/aromatic N) is 4. The van der Waals surface area contributed by atoms with Crippen molar-refractivity contribution in [1.29, 1.82) is 5.26 Å². The van der Waals surface area contributed by atoms with Gasteiger partial charge in [0, 0.05) is 23.5 Å². The number of hydrogen-bond donors (Lipinski definition) is 1.